The largest absolute Gasteiger partial charge is 0.459 e. The molecule has 1 unspecified atom stereocenters. The average molecular weight is 222 g/mol. The number of aliphatic hydroxyl groups is 1. The first-order valence-electron chi connectivity index (χ1n) is 4.63. The van der Waals surface area contributed by atoms with Crippen molar-refractivity contribution in [3.63, 3.8) is 0 Å². The summed E-state index contributed by atoms with van der Waals surface area (Å²) in [7, 11) is 0. The number of nitrogens with zero attached hydrogens (tertiary/aromatic N) is 2. The van der Waals surface area contributed by atoms with Crippen LogP contribution in [-0.2, 0) is 10.4 Å². The van der Waals surface area contributed by atoms with Gasteiger partial charge in [-0.2, -0.15) is 0 Å². The molecule has 0 aliphatic rings. The van der Waals surface area contributed by atoms with Gasteiger partial charge in [0.05, 0.1) is 6.26 Å². The van der Waals surface area contributed by atoms with Crippen LogP contribution in [0.5, 0.6) is 0 Å². The standard InChI is InChI=1S/C10H10N2O4/c1-6(13)10(2,14)9-12-11-8(16-9)7-4-3-5-15-7/h3-5,14H,1-2H3. The average Bonchev–Trinajstić information content (AvgIpc) is 2.88. The molecule has 1 atom stereocenters. The highest BCUT2D eigenvalue weighted by atomic mass is 16.4. The zero-order valence-corrected chi connectivity index (χ0v) is 8.80. The molecular formula is C10H10N2O4. The van der Waals surface area contributed by atoms with Gasteiger partial charge in [-0.3, -0.25) is 4.79 Å². The third kappa shape index (κ3) is 1.63. The van der Waals surface area contributed by atoms with E-state index in [1.807, 2.05) is 0 Å². The van der Waals surface area contributed by atoms with E-state index >= 15 is 0 Å². The highest BCUT2D eigenvalue weighted by Crippen LogP contribution is 2.24. The van der Waals surface area contributed by atoms with E-state index in [0.29, 0.717) is 5.76 Å². The van der Waals surface area contributed by atoms with Crippen LogP contribution in [0.4, 0.5) is 0 Å². The van der Waals surface area contributed by atoms with Crippen molar-refractivity contribution in [3.8, 4) is 11.7 Å². The Bertz CT molecular complexity index is 499. The number of hydrogen-bond donors (Lipinski definition) is 1. The molecule has 0 amide bonds. The predicted molar refractivity (Wildman–Crippen MR) is 52.3 cm³/mol. The first kappa shape index (κ1) is 10.6. The lowest BCUT2D eigenvalue weighted by molar-refractivity contribution is -0.136. The minimum atomic E-state index is -1.77. The maximum Gasteiger partial charge on any atom is 0.283 e. The quantitative estimate of drug-likeness (QED) is 0.837. The number of carbonyl (C=O) groups excluding carboxylic acids is 1. The molecule has 0 fully saturated rings. The Morgan fingerprint density at radius 3 is 2.81 bits per heavy atom. The monoisotopic (exact) mass is 222 g/mol. The third-order valence-electron chi connectivity index (χ3n) is 2.26. The van der Waals surface area contributed by atoms with E-state index in [4.69, 9.17) is 8.83 Å². The van der Waals surface area contributed by atoms with E-state index in [0.717, 1.165) is 0 Å². The maximum absolute atomic E-state index is 11.2. The van der Waals surface area contributed by atoms with E-state index in [1.54, 1.807) is 12.1 Å². The van der Waals surface area contributed by atoms with Crippen LogP contribution in [0.25, 0.3) is 11.7 Å². The van der Waals surface area contributed by atoms with Crippen molar-refractivity contribution in [2.24, 2.45) is 0 Å². The number of hydrogen-bond acceptors (Lipinski definition) is 6. The fraction of sp³-hybridized carbons (Fsp3) is 0.300. The molecule has 0 bridgehead atoms. The zero-order valence-electron chi connectivity index (χ0n) is 8.80. The van der Waals surface area contributed by atoms with Gasteiger partial charge in [0.15, 0.2) is 17.1 Å². The maximum atomic E-state index is 11.2. The first-order chi connectivity index (χ1) is 7.51. The van der Waals surface area contributed by atoms with Gasteiger partial charge < -0.3 is 13.9 Å². The molecule has 2 aromatic rings. The van der Waals surface area contributed by atoms with Crippen LogP contribution in [0, 0.1) is 0 Å². The van der Waals surface area contributed by atoms with Crippen molar-refractivity contribution in [1.82, 2.24) is 10.2 Å². The number of furan rings is 1. The Balaban J connectivity index is 2.37. The number of rotatable bonds is 3. The van der Waals surface area contributed by atoms with Crippen molar-refractivity contribution in [2.45, 2.75) is 19.4 Å². The molecule has 2 aromatic heterocycles. The molecule has 6 nitrogen and oxygen atoms in total. The Labute approximate surface area is 90.9 Å². The predicted octanol–water partition coefficient (Wildman–Crippen LogP) is 1.13. The van der Waals surface area contributed by atoms with Crippen molar-refractivity contribution in [3.05, 3.63) is 24.3 Å². The Kier molecular flexibility index (Phi) is 2.35. The van der Waals surface area contributed by atoms with Crippen LogP contribution in [0.3, 0.4) is 0 Å². The number of ketones is 1. The lowest BCUT2D eigenvalue weighted by Crippen LogP contribution is -2.30. The van der Waals surface area contributed by atoms with Crippen LogP contribution in [0.1, 0.15) is 19.7 Å². The van der Waals surface area contributed by atoms with Crippen molar-refractivity contribution in [2.75, 3.05) is 0 Å². The minimum absolute atomic E-state index is 0.126. The van der Waals surface area contributed by atoms with Crippen LogP contribution < -0.4 is 0 Å². The van der Waals surface area contributed by atoms with E-state index in [1.165, 1.54) is 20.1 Å². The van der Waals surface area contributed by atoms with Gasteiger partial charge in [0.1, 0.15) is 0 Å². The first-order valence-corrected chi connectivity index (χ1v) is 4.63. The highest BCUT2D eigenvalue weighted by molar-refractivity contribution is 5.84. The summed E-state index contributed by atoms with van der Waals surface area (Å²) in [6.45, 7) is 2.55. The molecule has 0 aliphatic carbocycles. The molecule has 6 heteroatoms. The summed E-state index contributed by atoms with van der Waals surface area (Å²) in [6, 6.07) is 3.31. The molecule has 0 aliphatic heterocycles. The molecule has 0 spiro atoms. The van der Waals surface area contributed by atoms with E-state index in [2.05, 4.69) is 10.2 Å². The molecule has 16 heavy (non-hydrogen) atoms. The number of carbonyl (C=O) groups is 1. The fourth-order valence-corrected chi connectivity index (χ4v) is 1.07. The summed E-state index contributed by atoms with van der Waals surface area (Å²) in [4.78, 5) is 11.2. The molecule has 0 aromatic carbocycles. The van der Waals surface area contributed by atoms with Gasteiger partial charge in [-0.25, -0.2) is 0 Å². The molecule has 0 saturated carbocycles. The molecule has 84 valence electrons. The second-order valence-corrected chi connectivity index (χ2v) is 3.52. The van der Waals surface area contributed by atoms with E-state index < -0.39 is 11.4 Å². The SMILES string of the molecule is CC(=O)C(C)(O)c1nnc(-c2ccco2)o1. The third-order valence-corrected chi connectivity index (χ3v) is 2.26. The van der Waals surface area contributed by atoms with Gasteiger partial charge >= 0.3 is 0 Å². The van der Waals surface area contributed by atoms with Gasteiger partial charge in [0.25, 0.3) is 11.8 Å². The molecule has 0 saturated heterocycles. The lowest BCUT2D eigenvalue weighted by atomic mass is 10.0. The van der Waals surface area contributed by atoms with Gasteiger partial charge in [-0.15, -0.1) is 10.2 Å². The van der Waals surface area contributed by atoms with Crippen molar-refractivity contribution < 1.29 is 18.7 Å². The minimum Gasteiger partial charge on any atom is -0.459 e. The van der Waals surface area contributed by atoms with Crippen LogP contribution >= 0.6 is 0 Å². The fourth-order valence-electron chi connectivity index (χ4n) is 1.07. The smallest absolute Gasteiger partial charge is 0.283 e. The Hall–Kier alpha value is -1.95. The van der Waals surface area contributed by atoms with E-state index in [9.17, 15) is 9.90 Å². The van der Waals surface area contributed by atoms with Crippen molar-refractivity contribution >= 4 is 5.78 Å². The topological polar surface area (TPSA) is 89.4 Å². The lowest BCUT2D eigenvalue weighted by Gasteiger charge is -2.13. The molecule has 1 N–H and O–H groups in total. The summed E-state index contributed by atoms with van der Waals surface area (Å²) in [6.07, 6.45) is 1.46. The van der Waals surface area contributed by atoms with Gasteiger partial charge in [-0.1, -0.05) is 0 Å². The molecule has 0 radical (unpaired) electrons. The summed E-state index contributed by atoms with van der Waals surface area (Å²) < 4.78 is 10.2. The zero-order chi connectivity index (χ0) is 11.8. The summed E-state index contributed by atoms with van der Waals surface area (Å²) in [5.41, 5.74) is -1.77. The van der Waals surface area contributed by atoms with E-state index in [-0.39, 0.29) is 11.8 Å². The highest BCUT2D eigenvalue weighted by Gasteiger charge is 2.35. The van der Waals surface area contributed by atoms with Crippen LogP contribution in [0.15, 0.2) is 27.2 Å². The molecular weight excluding hydrogens is 212 g/mol. The van der Waals surface area contributed by atoms with Gasteiger partial charge in [0.2, 0.25) is 0 Å². The normalized spacial score (nSPS) is 14.7. The molecule has 2 rings (SSSR count). The van der Waals surface area contributed by atoms with Gasteiger partial charge in [0, 0.05) is 0 Å². The second-order valence-electron chi connectivity index (χ2n) is 3.52. The Morgan fingerprint density at radius 2 is 2.25 bits per heavy atom. The Morgan fingerprint density at radius 1 is 1.50 bits per heavy atom. The van der Waals surface area contributed by atoms with Crippen LogP contribution in [-0.4, -0.2) is 21.1 Å². The summed E-state index contributed by atoms with van der Waals surface area (Å²) >= 11 is 0. The molecule has 2 heterocycles. The second kappa shape index (κ2) is 3.57. The van der Waals surface area contributed by atoms with Gasteiger partial charge in [-0.05, 0) is 26.0 Å². The van der Waals surface area contributed by atoms with Crippen LogP contribution in [0.2, 0.25) is 0 Å². The number of Topliss-reactive ketones (excluding diaryl/α,β-unsaturated/α-hetero) is 1. The summed E-state index contributed by atoms with van der Waals surface area (Å²) in [5, 5.41) is 17.1. The summed E-state index contributed by atoms with van der Waals surface area (Å²) in [5.74, 6) is -0.104. The number of aromatic nitrogens is 2. The van der Waals surface area contributed by atoms with Crippen molar-refractivity contribution in [1.29, 1.82) is 0 Å².